The first-order valence-electron chi connectivity index (χ1n) is 6.72. The van der Waals surface area contributed by atoms with Gasteiger partial charge < -0.3 is 9.47 Å². The maximum absolute atomic E-state index is 5.68. The fourth-order valence-corrected chi connectivity index (χ4v) is 2.70. The topological polar surface area (TPSA) is 18.5 Å². The van der Waals surface area contributed by atoms with E-state index < -0.39 is 0 Å². The van der Waals surface area contributed by atoms with E-state index in [9.17, 15) is 0 Å². The molecule has 0 heterocycles. The van der Waals surface area contributed by atoms with Crippen LogP contribution in [0.15, 0.2) is 24.3 Å². The van der Waals surface area contributed by atoms with Crippen LogP contribution in [0.25, 0.3) is 10.8 Å². The van der Waals surface area contributed by atoms with Crippen LogP contribution < -0.4 is 14.9 Å². The summed E-state index contributed by atoms with van der Waals surface area (Å²) in [6.45, 7) is 4.45. The zero-order valence-corrected chi connectivity index (χ0v) is 12.4. The summed E-state index contributed by atoms with van der Waals surface area (Å²) in [7, 11) is 5.60. The number of benzene rings is 2. The lowest BCUT2D eigenvalue weighted by Gasteiger charge is -2.20. The third kappa shape index (κ3) is 2.42. The van der Waals surface area contributed by atoms with E-state index in [1.165, 1.54) is 11.0 Å². The second-order valence-electron chi connectivity index (χ2n) is 5.31. The molecule has 0 saturated carbocycles. The molecule has 0 radical (unpaired) electrons. The molecule has 0 aliphatic carbocycles. The Morgan fingerprint density at radius 3 is 2.00 bits per heavy atom. The molecular formula is C16H21BO2. The molecule has 0 spiro atoms. The Morgan fingerprint density at radius 1 is 1.00 bits per heavy atom. The highest BCUT2D eigenvalue weighted by Gasteiger charge is 2.18. The molecule has 0 atom stereocenters. The Morgan fingerprint density at radius 2 is 1.53 bits per heavy atom. The minimum absolute atomic E-state index is 0.582. The monoisotopic (exact) mass is 256 g/mol. The molecule has 0 unspecified atom stereocenters. The van der Waals surface area contributed by atoms with Crippen LogP contribution in [-0.2, 0) is 6.42 Å². The maximum atomic E-state index is 5.68. The minimum atomic E-state index is 0.582. The van der Waals surface area contributed by atoms with E-state index in [0.717, 1.165) is 28.7 Å². The standard InChI is InChI=1S/C16H21BO2/c1-10(2)9-13-14(17)16(19-4)12-8-6-5-7-11(12)15(13)18-3/h5-8,10H,9,17H2,1-4H3. The minimum Gasteiger partial charge on any atom is -0.497 e. The van der Waals surface area contributed by atoms with Crippen molar-refractivity contribution in [3.8, 4) is 11.5 Å². The van der Waals surface area contributed by atoms with Crippen molar-refractivity contribution >= 4 is 24.1 Å². The predicted octanol–water partition coefficient (Wildman–Crippen LogP) is 2.31. The number of rotatable bonds is 4. The van der Waals surface area contributed by atoms with Gasteiger partial charge in [0.1, 0.15) is 19.3 Å². The van der Waals surface area contributed by atoms with Gasteiger partial charge in [0.05, 0.1) is 14.2 Å². The average molecular weight is 256 g/mol. The van der Waals surface area contributed by atoms with Gasteiger partial charge in [0.15, 0.2) is 0 Å². The normalized spacial score (nSPS) is 11.0. The van der Waals surface area contributed by atoms with Crippen molar-refractivity contribution < 1.29 is 9.47 Å². The Bertz CT molecular complexity index is 591. The largest absolute Gasteiger partial charge is 0.497 e. The maximum Gasteiger partial charge on any atom is 0.144 e. The second-order valence-corrected chi connectivity index (χ2v) is 5.31. The van der Waals surface area contributed by atoms with Crippen molar-refractivity contribution in [2.24, 2.45) is 5.92 Å². The molecule has 2 rings (SSSR count). The first kappa shape index (κ1) is 13.8. The molecule has 2 aromatic rings. The SMILES string of the molecule is Bc1c(CC(C)C)c(OC)c2ccccc2c1OC. The third-order valence-electron chi connectivity index (χ3n) is 3.50. The molecular weight excluding hydrogens is 235 g/mol. The lowest BCUT2D eigenvalue weighted by Crippen LogP contribution is -2.17. The van der Waals surface area contributed by atoms with Crippen LogP contribution >= 0.6 is 0 Å². The van der Waals surface area contributed by atoms with Crippen LogP contribution in [0.1, 0.15) is 19.4 Å². The van der Waals surface area contributed by atoms with Gasteiger partial charge in [0, 0.05) is 10.8 Å². The van der Waals surface area contributed by atoms with E-state index in [1.807, 2.05) is 12.1 Å². The van der Waals surface area contributed by atoms with Gasteiger partial charge in [-0.1, -0.05) is 38.1 Å². The smallest absolute Gasteiger partial charge is 0.144 e. The summed E-state index contributed by atoms with van der Waals surface area (Å²) in [6.07, 6.45) is 0.996. The van der Waals surface area contributed by atoms with Crippen LogP contribution in [0.3, 0.4) is 0 Å². The summed E-state index contributed by atoms with van der Waals surface area (Å²) < 4.78 is 11.3. The molecule has 0 bridgehead atoms. The van der Waals surface area contributed by atoms with E-state index in [4.69, 9.17) is 9.47 Å². The highest BCUT2D eigenvalue weighted by molar-refractivity contribution is 6.37. The molecule has 2 aromatic carbocycles. The van der Waals surface area contributed by atoms with Crippen LogP contribution in [0.2, 0.25) is 0 Å². The molecule has 0 aliphatic rings. The van der Waals surface area contributed by atoms with Crippen molar-refractivity contribution in [1.82, 2.24) is 0 Å². The number of hydrogen-bond acceptors (Lipinski definition) is 2. The molecule has 2 nitrogen and oxygen atoms in total. The number of fused-ring (bicyclic) bond motifs is 1. The summed E-state index contributed by atoms with van der Waals surface area (Å²) in [5, 5.41) is 2.25. The summed E-state index contributed by atoms with van der Waals surface area (Å²) >= 11 is 0. The van der Waals surface area contributed by atoms with Crippen molar-refractivity contribution in [3.63, 3.8) is 0 Å². The molecule has 0 aliphatic heterocycles. The van der Waals surface area contributed by atoms with Crippen molar-refractivity contribution in [2.75, 3.05) is 14.2 Å². The van der Waals surface area contributed by atoms with Gasteiger partial charge in [-0.2, -0.15) is 0 Å². The highest BCUT2D eigenvalue weighted by atomic mass is 16.5. The molecule has 100 valence electrons. The van der Waals surface area contributed by atoms with Gasteiger partial charge in [-0.15, -0.1) is 0 Å². The van der Waals surface area contributed by atoms with Crippen molar-refractivity contribution in [2.45, 2.75) is 20.3 Å². The lowest BCUT2D eigenvalue weighted by atomic mass is 9.82. The Kier molecular flexibility index (Phi) is 4.03. The Hall–Kier alpha value is -1.64. The lowest BCUT2D eigenvalue weighted by molar-refractivity contribution is 0.406. The zero-order chi connectivity index (χ0) is 14.0. The van der Waals surface area contributed by atoms with E-state index >= 15 is 0 Å². The summed E-state index contributed by atoms with van der Waals surface area (Å²) in [4.78, 5) is 0. The highest BCUT2D eigenvalue weighted by Crippen LogP contribution is 2.35. The van der Waals surface area contributed by atoms with E-state index in [1.54, 1.807) is 14.2 Å². The van der Waals surface area contributed by atoms with Gasteiger partial charge in [0.25, 0.3) is 0 Å². The van der Waals surface area contributed by atoms with Crippen LogP contribution in [-0.4, -0.2) is 22.1 Å². The molecule has 0 N–H and O–H groups in total. The molecule has 0 fully saturated rings. The molecule has 0 amide bonds. The molecule has 0 saturated heterocycles. The van der Waals surface area contributed by atoms with Gasteiger partial charge in [-0.05, 0) is 23.4 Å². The van der Waals surface area contributed by atoms with Crippen LogP contribution in [0, 0.1) is 5.92 Å². The fourth-order valence-electron chi connectivity index (χ4n) is 2.70. The zero-order valence-electron chi connectivity index (χ0n) is 12.4. The van der Waals surface area contributed by atoms with Gasteiger partial charge >= 0.3 is 0 Å². The fraction of sp³-hybridized carbons (Fsp3) is 0.375. The average Bonchev–Trinajstić information content (AvgIpc) is 2.39. The van der Waals surface area contributed by atoms with E-state index in [2.05, 4.69) is 33.8 Å². The van der Waals surface area contributed by atoms with E-state index in [-0.39, 0.29) is 0 Å². The quantitative estimate of drug-likeness (QED) is 0.781. The van der Waals surface area contributed by atoms with Crippen molar-refractivity contribution in [3.05, 3.63) is 29.8 Å². The number of hydrogen-bond donors (Lipinski definition) is 0. The number of ether oxygens (including phenoxy) is 2. The summed E-state index contributed by atoms with van der Waals surface area (Å²) in [6, 6.07) is 8.26. The van der Waals surface area contributed by atoms with Crippen LogP contribution in [0.5, 0.6) is 11.5 Å². The van der Waals surface area contributed by atoms with Gasteiger partial charge in [-0.25, -0.2) is 0 Å². The first-order chi connectivity index (χ1) is 9.10. The molecule has 0 aromatic heterocycles. The second kappa shape index (κ2) is 5.56. The molecule has 3 heteroatoms. The Balaban J connectivity index is 2.82. The van der Waals surface area contributed by atoms with Gasteiger partial charge in [-0.3, -0.25) is 0 Å². The van der Waals surface area contributed by atoms with Crippen molar-refractivity contribution in [1.29, 1.82) is 0 Å². The predicted molar refractivity (Wildman–Crippen MR) is 83.8 cm³/mol. The van der Waals surface area contributed by atoms with Crippen LogP contribution in [0.4, 0.5) is 0 Å². The third-order valence-corrected chi connectivity index (χ3v) is 3.50. The number of methoxy groups -OCH3 is 2. The Labute approximate surface area is 116 Å². The first-order valence-corrected chi connectivity index (χ1v) is 6.72. The van der Waals surface area contributed by atoms with E-state index in [0.29, 0.717) is 5.92 Å². The van der Waals surface area contributed by atoms with Gasteiger partial charge in [0.2, 0.25) is 0 Å². The summed E-state index contributed by atoms with van der Waals surface area (Å²) in [5.74, 6) is 2.54. The molecule has 19 heavy (non-hydrogen) atoms. The summed E-state index contributed by atoms with van der Waals surface area (Å²) in [5.41, 5.74) is 2.44.